The molecule has 0 spiro atoms. The molecular formula is C25H27N7O2S. The van der Waals surface area contributed by atoms with Crippen LogP contribution in [0.1, 0.15) is 18.5 Å². The first-order valence-corrected chi connectivity index (χ1v) is 12.8. The van der Waals surface area contributed by atoms with Crippen LogP contribution in [0.4, 0.5) is 11.5 Å². The molecule has 0 bridgehead atoms. The van der Waals surface area contributed by atoms with Gasteiger partial charge in [-0.15, -0.1) is 11.3 Å². The first-order chi connectivity index (χ1) is 17.2. The minimum Gasteiger partial charge on any atom is -0.379 e. The number of anilines is 2. The van der Waals surface area contributed by atoms with Gasteiger partial charge in [0.05, 0.1) is 34.3 Å². The summed E-state index contributed by atoms with van der Waals surface area (Å²) in [5.74, 6) is 0.983. The van der Waals surface area contributed by atoms with E-state index in [1.54, 1.807) is 17.7 Å². The minimum absolute atomic E-state index is 0.221. The van der Waals surface area contributed by atoms with Crippen LogP contribution >= 0.6 is 11.3 Å². The van der Waals surface area contributed by atoms with Crippen molar-refractivity contribution in [2.45, 2.75) is 12.8 Å². The Bertz CT molecular complexity index is 1390. The smallest absolute Gasteiger partial charge is 0.224 e. The summed E-state index contributed by atoms with van der Waals surface area (Å²) >= 11 is 1.62. The lowest BCUT2D eigenvalue weighted by atomic mass is 10.0. The number of carbonyl (C=O) groups excluding carboxylic acids is 1. The van der Waals surface area contributed by atoms with Crippen LogP contribution in [0.25, 0.3) is 26.8 Å². The largest absolute Gasteiger partial charge is 0.379 e. The third-order valence-corrected chi connectivity index (χ3v) is 7.46. The Morgan fingerprint density at radius 2 is 2.06 bits per heavy atom. The molecule has 2 N–H and O–H groups in total. The highest BCUT2D eigenvalue weighted by Gasteiger charge is 2.21. The van der Waals surface area contributed by atoms with E-state index in [2.05, 4.69) is 48.4 Å². The van der Waals surface area contributed by atoms with Gasteiger partial charge < -0.3 is 19.9 Å². The van der Waals surface area contributed by atoms with Crippen molar-refractivity contribution in [1.82, 2.24) is 29.7 Å². The zero-order chi connectivity index (χ0) is 23.6. The van der Waals surface area contributed by atoms with Crippen molar-refractivity contribution >= 4 is 55.6 Å². The molecule has 0 unspecified atom stereocenters. The van der Waals surface area contributed by atoms with Gasteiger partial charge in [0.2, 0.25) is 5.91 Å². The first kappa shape index (κ1) is 22.1. The number of aromatic nitrogens is 4. The van der Waals surface area contributed by atoms with E-state index < -0.39 is 0 Å². The zero-order valence-corrected chi connectivity index (χ0v) is 20.2. The molecule has 2 aliphatic rings. The summed E-state index contributed by atoms with van der Waals surface area (Å²) in [5.41, 5.74) is 6.84. The Hall–Kier alpha value is -3.34. The van der Waals surface area contributed by atoms with E-state index in [4.69, 9.17) is 4.74 Å². The van der Waals surface area contributed by atoms with E-state index >= 15 is 0 Å². The number of fused-ring (bicyclic) bond motifs is 2. The molecule has 3 aromatic heterocycles. The fourth-order valence-corrected chi connectivity index (χ4v) is 5.38. The number of ether oxygens (including phenoxy) is 1. The molecule has 10 heteroatoms. The number of carbonyl (C=O) groups is 1. The van der Waals surface area contributed by atoms with Crippen LogP contribution in [0, 0.1) is 0 Å². The number of nitrogens with one attached hydrogen (secondary N) is 2. The van der Waals surface area contributed by atoms with Gasteiger partial charge in [0.25, 0.3) is 0 Å². The molecule has 4 aromatic rings. The number of nitrogens with zero attached hydrogens (tertiary/aromatic N) is 5. The van der Waals surface area contributed by atoms with Crippen molar-refractivity contribution in [1.29, 1.82) is 0 Å². The number of H-pyrrole nitrogens is 1. The summed E-state index contributed by atoms with van der Waals surface area (Å²) in [5, 5.41) is 4.37. The second kappa shape index (κ2) is 9.73. The van der Waals surface area contributed by atoms with Crippen LogP contribution in [-0.4, -0.2) is 81.6 Å². The third kappa shape index (κ3) is 4.77. The van der Waals surface area contributed by atoms with Crippen LogP contribution in [0.3, 0.4) is 0 Å². The molecule has 2 aliphatic heterocycles. The van der Waals surface area contributed by atoms with Crippen molar-refractivity contribution in [2.75, 3.05) is 51.3 Å². The number of morpholine rings is 1. The Balaban J connectivity index is 1.14. The lowest BCUT2D eigenvalue weighted by Gasteiger charge is -2.29. The van der Waals surface area contributed by atoms with Gasteiger partial charge in [-0.05, 0) is 36.3 Å². The SMILES string of the molecule is O=C(CCN1CCOCC1)N1CC=C(c2cc3c(Nc4ccc5ncsc5c4)ncnc3[nH]2)CC1. The number of amides is 1. The summed E-state index contributed by atoms with van der Waals surface area (Å²) in [6.07, 6.45) is 5.10. The molecule has 1 aromatic carbocycles. The second-order valence-corrected chi connectivity index (χ2v) is 9.74. The van der Waals surface area contributed by atoms with Crippen LogP contribution in [0.5, 0.6) is 0 Å². The quantitative estimate of drug-likeness (QED) is 0.427. The lowest BCUT2D eigenvalue weighted by Crippen LogP contribution is -2.40. The number of aromatic amines is 1. The molecule has 9 nitrogen and oxygen atoms in total. The van der Waals surface area contributed by atoms with Gasteiger partial charge >= 0.3 is 0 Å². The molecule has 35 heavy (non-hydrogen) atoms. The van der Waals surface area contributed by atoms with Gasteiger partial charge in [-0.3, -0.25) is 9.69 Å². The number of hydrogen-bond donors (Lipinski definition) is 2. The molecule has 1 fully saturated rings. The molecule has 0 saturated carbocycles. The van der Waals surface area contributed by atoms with Gasteiger partial charge in [0.1, 0.15) is 17.8 Å². The standard InChI is InChI=1S/C25H27N7O2S/c33-23(5-6-31-9-11-34-12-10-31)32-7-3-17(4-8-32)21-14-19-24(26-15-27-25(19)30-21)29-18-1-2-20-22(13-18)35-16-28-20/h1-3,13-16H,4-12H2,(H2,26,27,29,30). The van der Waals surface area contributed by atoms with E-state index in [1.165, 1.54) is 5.57 Å². The monoisotopic (exact) mass is 489 g/mol. The predicted octanol–water partition coefficient (Wildman–Crippen LogP) is 3.65. The van der Waals surface area contributed by atoms with E-state index in [-0.39, 0.29) is 5.91 Å². The molecule has 6 rings (SSSR count). The van der Waals surface area contributed by atoms with Crippen molar-refractivity contribution in [3.63, 3.8) is 0 Å². The Labute approximate surface area is 206 Å². The van der Waals surface area contributed by atoms with Gasteiger partial charge in [0.15, 0.2) is 0 Å². The topological polar surface area (TPSA) is 99.3 Å². The number of benzene rings is 1. The molecule has 0 radical (unpaired) electrons. The molecule has 0 aliphatic carbocycles. The highest BCUT2D eigenvalue weighted by atomic mass is 32.1. The van der Waals surface area contributed by atoms with Crippen LogP contribution in [-0.2, 0) is 9.53 Å². The maximum atomic E-state index is 12.7. The summed E-state index contributed by atoms with van der Waals surface area (Å²) in [7, 11) is 0. The first-order valence-electron chi connectivity index (χ1n) is 11.9. The summed E-state index contributed by atoms with van der Waals surface area (Å²) in [4.78, 5) is 33.7. The Kier molecular flexibility index (Phi) is 6.15. The summed E-state index contributed by atoms with van der Waals surface area (Å²) in [6, 6.07) is 8.21. The van der Waals surface area contributed by atoms with Crippen LogP contribution in [0.2, 0.25) is 0 Å². The van der Waals surface area contributed by atoms with E-state index in [9.17, 15) is 4.79 Å². The third-order valence-electron chi connectivity index (χ3n) is 6.67. The van der Waals surface area contributed by atoms with Gasteiger partial charge in [-0.25, -0.2) is 15.0 Å². The summed E-state index contributed by atoms with van der Waals surface area (Å²) in [6.45, 7) is 5.53. The van der Waals surface area contributed by atoms with Crippen molar-refractivity contribution in [3.8, 4) is 0 Å². The van der Waals surface area contributed by atoms with E-state index in [1.807, 2.05) is 22.5 Å². The minimum atomic E-state index is 0.221. The molecule has 5 heterocycles. The molecule has 0 atom stereocenters. The fraction of sp³-hybridized carbons (Fsp3) is 0.360. The normalized spacial score (nSPS) is 17.1. The average Bonchev–Trinajstić information content (AvgIpc) is 3.55. The van der Waals surface area contributed by atoms with Crippen LogP contribution < -0.4 is 5.32 Å². The number of hydrogen-bond acceptors (Lipinski definition) is 8. The summed E-state index contributed by atoms with van der Waals surface area (Å²) < 4.78 is 6.52. The Morgan fingerprint density at radius 1 is 1.14 bits per heavy atom. The molecule has 1 amide bonds. The Morgan fingerprint density at radius 3 is 2.91 bits per heavy atom. The van der Waals surface area contributed by atoms with Crippen molar-refractivity contribution in [2.24, 2.45) is 0 Å². The van der Waals surface area contributed by atoms with E-state index in [0.717, 1.165) is 84.3 Å². The lowest BCUT2D eigenvalue weighted by molar-refractivity contribution is -0.131. The van der Waals surface area contributed by atoms with Crippen molar-refractivity contribution < 1.29 is 9.53 Å². The number of thiazole rings is 1. The number of rotatable bonds is 6. The fourth-order valence-electron chi connectivity index (χ4n) is 4.66. The van der Waals surface area contributed by atoms with Gasteiger partial charge in [-0.1, -0.05) is 6.08 Å². The zero-order valence-electron chi connectivity index (χ0n) is 19.4. The van der Waals surface area contributed by atoms with Gasteiger partial charge in [-0.2, -0.15) is 0 Å². The predicted molar refractivity (Wildman–Crippen MR) is 138 cm³/mol. The van der Waals surface area contributed by atoms with Gasteiger partial charge in [0, 0.05) is 50.5 Å². The highest BCUT2D eigenvalue weighted by molar-refractivity contribution is 7.16. The highest BCUT2D eigenvalue weighted by Crippen LogP contribution is 2.30. The molecule has 1 saturated heterocycles. The average molecular weight is 490 g/mol. The van der Waals surface area contributed by atoms with Crippen LogP contribution in [0.15, 0.2) is 42.2 Å². The maximum absolute atomic E-state index is 12.7. The molecule has 180 valence electrons. The van der Waals surface area contributed by atoms with E-state index in [0.29, 0.717) is 13.0 Å². The van der Waals surface area contributed by atoms with Crippen molar-refractivity contribution in [3.05, 3.63) is 47.9 Å². The maximum Gasteiger partial charge on any atom is 0.224 e. The second-order valence-electron chi connectivity index (χ2n) is 8.85. The molecular weight excluding hydrogens is 462 g/mol.